The van der Waals surface area contributed by atoms with Crippen molar-refractivity contribution < 1.29 is 4.74 Å². The van der Waals surface area contributed by atoms with Crippen LogP contribution in [0.5, 0.6) is 5.75 Å². The zero-order valence-corrected chi connectivity index (χ0v) is 17.8. The van der Waals surface area contributed by atoms with Crippen molar-refractivity contribution >= 4 is 22.6 Å². The number of nitrogens with zero attached hydrogens (tertiary/aromatic N) is 4. The summed E-state index contributed by atoms with van der Waals surface area (Å²) in [6.45, 7) is 7.20. The Morgan fingerprint density at radius 2 is 1.72 bits per heavy atom. The molecule has 6 heteroatoms. The molecule has 0 radical (unpaired) electrons. The van der Waals surface area contributed by atoms with Crippen molar-refractivity contribution in [2.75, 3.05) is 46.4 Å². The number of rotatable bonds is 8. The van der Waals surface area contributed by atoms with E-state index in [1.54, 1.807) is 0 Å². The van der Waals surface area contributed by atoms with Gasteiger partial charge < -0.3 is 19.1 Å². The molecular weight excluding hydrogens is 384 g/mol. The molecule has 2 aromatic carbocycles. The molecule has 3 aromatic rings. The second-order valence-electron chi connectivity index (χ2n) is 7.72. The van der Waals surface area contributed by atoms with Crippen LogP contribution in [0.15, 0.2) is 48.5 Å². The van der Waals surface area contributed by atoms with E-state index in [1.165, 1.54) is 31.7 Å². The third kappa shape index (κ3) is 5.30. The van der Waals surface area contributed by atoms with Gasteiger partial charge in [0.1, 0.15) is 18.2 Å². The summed E-state index contributed by atoms with van der Waals surface area (Å²) in [5.74, 6) is 2.00. The van der Waals surface area contributed by atoms with Crippen LogP contribution < -0.4 is 4.74 Å². The second kappa shape index (κ2) is 9.61. The van der Waals surface area contributed by atoms with E-state index in [-0.39, 0.29) is 0 Å². The summed E-state index contributed by atoms with van der Waals surface area (Å²) in [5, 5.41) is 0.723. The minimum atomic E-state index is 0.605. The van der Waals surface area contributed by atoms with Crippen molar-refractivity contribution in [1.29, 1.82) is 0 Å². The van der Waals surface area contributed by atoms with Crippen LogP contribution in [-0.2, 0) is 13.0 Å². The topological polar surface area (TPSA) is 33.5 Å². The van der Waals surface area contributed by atoms with Crippen molar-refractivity contribution in [3.63, 3.8) is 0 Å². The molecule has 1 aromatic heterocycles. The Morgan fingerprint density at radius 1 is 0.966 bits per heavy atom. The normalized spacial score (nSPS) is 15.8. The molecule has 29 heavy (non-hydrogen) atoms. The Balaban J connectivity index is 1.38. The quantitative estimate of drug-likeness (QED) is 0.561. The number of hydrogen-bond donors (Lipinski definition) is 0. The minimum absolute atomic E-state index is 0.605. The average Bonchev–Trinajstić information content (AvgIpc) is 3.08. The number of piperazine rings is 1. The fourth-order valence-electron chi connectivity index (χ4n) is 3.88. The summed E-state index contributed by atoms with van der Waals surface area (Å²) in [4.78, 5) is 9.87. The number of aryl methyl sites for hydroxylation is 1. The highest BCUT2D eigenvalue weighted by atomic mass is 35.5. The van der Waals surface area contributed by atoms with Gasteiger partial charge in [-0.15, -0.1) is 0 Å². The van der Waals surface area contributed by atoms with Crippen LogP contribution >= 0.6 is 11.6 Å². The first kappa shape index (κ1) is 20.2. The lowest BCUT2D eigenvalue weighted by molar-refractivity contribution is 0.152. The molecule has 0 saturated carbocycles. The molecule has 5 nitrogen and oxygen atoms in total. The van der Waals surface area contributed by atoms with E-state index in [9.17, 15) is 0 Å². The number of ether oxygens (including phenoxy) is 1. The van der Waals surface area contributed by atoms with E-state index in [4.69, 9.17) is 21.3 Å². The number of aromatic nitrogens is 2. The highest BCUT2D eigenvalue weighted by molar-refractivity contribution is 6.30. The van der Waals surface area contributed by atoms with Gasteiger partial charge in [0, 0.05) is 37.6 Å². The smallest absolute Gasteiger partial charge is 0.119 e. The first-order valence-electron chi connectivity index (χ1n) is 10.4. The summed E-state index contributed by atoms with van der Waals surface area (Å²) in [6, 6.07) is 15.9. The number of fused-ring (bicyclic) bond motifs is 1. The van der Waals surface area contributed by atoms with Crippen molar-refractivity contribution in [3.05, 3.63) is 59.4 Å². The molecule has 0 spiro atoms. The monoisotopic (exact) mass is 412 g/mol. The Hall–Kier alpha value is -2.08. The van der Waals surface area contributed by atoms with Gasteiger partial charge in [-0.05, 0) is 56.4 Å². The fourth-order valence-corrected chi connectivity index (χ4v) is 4.01. The van der Waals surface area contributed by atoms with Crippen LogP contribution in [0.2, 0.25) is 5.02 Å². The highest BCUT2D eigenvalue weighted by Crippen LogP contribution is 2.19. The van der Waals surface area contributed by atoms with Crippen LogP contribution in [-0.4, -0.2) is 65.7 Å². The van der Waals surface area contributed by atoms with Crippen LogP contribution in [0.25, 0.3) is 11.0 Å². The van der Waals surface area contributed by atoms with Gasteiger partial charge >= 0.3 is 0 Å². The Labute approximate surface area is 177 Å². The van der Waals surface area contributed by atoms with Crippen LogP contribution in [0.3, 0.4) is 0 Å². The maximum atomic E-state index is 5.95. The first-order chi connectivity index (χ1) is 14.2. The maximum absolute atomic E-state index is 5.95. The predicted molar refractivity (Wildman–Crippen MR) is 119 cm³/mol. The molecule has 1 saturated heterocycles. The number of likely N-dealkylation sites (N-methyl/N-ethyl adjacent to an activating group) is 1. The van der Waals surface area contributed by atoms with Crippen LogP contribution in [0.4, 0.5) is 0 Å². The molecule has 2 heterocycles. The highest BCUT2D eigenvalue weighted by Gasteiger charge is 2.15. The molecule has 0 amide bonds. The molecule has 1 aliphatic heterocycles. The summed E-state index contributed by atoms with van der Waals surface area (Å²) in [5.41, 5.74) is 2.25. The van der Waals surface area contributed by atoms with Crippen molar-refractivity contribution in [2.24, 2.45) is 0 Å². The Bertz CT molecular complexity index is 916. The van der Waals surface area contributed by atoms with Crippen molar-refractivity contribution in [2.45, 2.75) is 19.4 Å². The summed E-state index contributed by atoms with van der Waals surface area (Å²) in [7, 11) is 2.20. The molecule has 0 unspecified atom stereocenters. The maximum Gasteiger partial charge on any atom is 0.119 e. The van der Waals surface area contributed by atoms with E-state index in [0.29, 0.717) is 6.61 Å². The summed E-state index contributed by atoms with van der Waals surface area (Å²) in [6.07, 6.45) is 2.12. The number of imidazole rings is 1. The van der Waals surface area contributed by atoms with Gasteiger partial charge in [-0.25, -0.2) is 4.98 Å². The van der Waals surface area contributed by atoms with E-state index < -0.39 is 0 Å². The molecule has 154 valence electrons. The molecule has 4 rings (SSSR count). The fraction of sp³-hybridized carbons (Fsp3) is 0.435. The van der Waals surface area contributed by atoms with E-state index in [0.717, 1.165) is 48.0 Å². The number of halogens is 1. The van der Waals surface area contributed by atoms with Gasteiger partial charge in [-0.1, -0.05) is 23.7 Å². The third-order valence-electron chi connectivity index (χ3n) is 5.60. The standard InChI is InChI=1S/C23H29ClN4O/c1-26-13-15-27(16-14-26)12-4-7-23-25-21-5-2-3-6-22(21)28(23)17-18-29-20-10-8-19(24)9-11-20/h2-3,5-6,8-11H,4,7,12-18H2,1H3. The lowest BCUT2D eigenvalue weighted by Gasteiger charge is -2.32. The Kier molecular flexibility index (Phi) is 6.70. The third-order valence-corrected chi connectivity index (χ3v) is 5.85. The summed E-state index contributed by atoms with van der Waals surface area (Å²) < 4.78 is 8.24. The van der Waals surface area contributed by atoms with Gasteiger partial charge in [-0.3, -0.25) is 0 Å². The van der Waals surface area contributed by atoms with Crippen LogP contribution in [0.1, 0.15) is 12.2 Å². The van der Waals surface area contributed by atoms with Gasteiger partial charge in [-0.2, -0.15) is 0 Å². The van der Waals surface area contributed by atoms with E-state index in [1.807, 2.05) is 24.3 Å². The zero-order valence-electron chi connectivity index (χ0n) is 17.1. The van der Waals surface area contributed by atoms with E-state index in [2.05, 4.69) is 45.7 Å². The molecular formula is C23H29ClN4O. The van der Waals surface area contributed by atoms with Gasteiger partial charge in [0.2, 0.25) is 0 Å². The van der Waals surface area contributed by atoms with E-state index >= 15 is 0 Å². The SMILES string of the molecule is CN1CCN(CCCc2nc3ccccc3n2CCOc2ccc(Cl)cc2)CC1. The molecule has 1 fully saturated rings. The predicted octanol–water partition coefficient (Wildman–Crippen LogP) is 3.95. The molecule has 0 bridgehead atoms. The molecule has 0 aliphatic carbocycles. The lowest BCUT2D eigenvalue weighted by Crippen LogP contribution is -2.44. The first-order valence-corrected chi connectivity index (χ1v) is 10.8. The Morgan fingerprint density at radius 3 is 2.52 bits per heavy atom. The largest absolute Gasteiger partial charge is 0.492 e. The van der Waals surface area contributed by atoms with Crippen molar-refractivity contribution in [3.8, 4) is 5.75 Å². The van der Waals surface area contributed by atoms with Crippen LogP contribution in [0, 0.1) is 0 Å². The number of para-hydroxylation sites is 2. The minimum Gasteiger partial charge on any atom is -0.492 e. The van der Waals surface area contributed by atoms with Gasteiger partial charge in [0.05, 0.1) is 17.6 Å². The number of hydrogen-bond acceptors (Lipinski definition) is 4. The average molecular weight is 413 g/mol. The summed E-state index contributed by atoms with van der Waals surface area (Å²) >= 11 is 5.95. The van der Waals surface area contributed by atoms with Crippen molar-refractivity contribution in [1.82, 2.24) is 19.4 Å². The van der Waals surface area contributed by atoms with Gasteiger partial charge in [0.25, 0.3) is 0 Å². The second-order valence-corrected chi connectivity index (χ2v) is 8.16. The van der Waals surface area contributed by atoms with Gasteiger partial charge in [0.15, 0.2) is 0 Å². The molecule has 0 atom stereocenters. The number of benzene rings is 2. The lowest BCUT2D eigenvalue weighted by atomic mass is 10.2. The molecule has 1 aliphatic rings. The zero-order chi connectivity index (χ0) is 20.1. The molecule has 0 N–H and O–H groups in total.